The number of nitrogens with one attached hydrogen (secondary N) is 2. The van der Waals surface area contributed by atoms with Crippen molar-refractivity contribution in [3.05, 3.63) is 28.3 Å². The first kappa shape index (κ1) is 19.5. The lowest BCUT2D eigenvalue weighted by Crippen LogP contribution is -2.38. The maximum absolute atomic E-state index is 12.8. The van der Waals surface area contributed by atoms with Crippen LogP contribution >= 0.6 is 34.8 Å². The number of aryl methyl sites for hydroxylation is 1. The summed E-state index contributed by atoms with van der Waals surface area (Å²) in [5, 5.41) is -0.0466. The largest absolute Gasteiger partial charge is 0.416 e. The smallest absolute Gasteiger partial charge is 0.298 e. The highest BCUT2D eigenvalue weighted by atomic mass is 35.5. The number of anilines is 1. The van der Waals surface area contributed by atoms with Crippen molar-refractivity contribution in [3.8, 4) is 0 Å². The molecule has 1 fully saturated rings. The van der Waals surface area contributed by atoms with Crippen molar-refractivity contribution in [2.24, 2.45) is 10.4 Å². The van der Waals surface area contributed by atoms with Gasteiger partial charge in [0.1, 0.15) is 10.2 Å². The zero-order valence-corrected chi connectivity index (χ0v) is 15.6. The van der Waals surface area contributed by atoms with E-state index in [2.05, 4.69) is 15.8 Å². The Morgan fingerprint density at radius 2 is 1.92 bits per heavy atom. The topological polar surface area (TPSA) is 36.4 Å². The van der Waals surface area contributed by atoms with Crippen LogP contribution in [0.4, 0.5) is 18.9 Å². The molecule has 0 aromatic heterocycles. The van der Waals surface area contributed by atoms with Crippen LogP contribution in [0.5, 0.6) is 0 Å². The van der Waals surface area contributed by atoms with Crippen LogP contribution < -0.4 is 10.9 Å². The molecule has 0 saturated heterocycles. The van der Waals surface area contributed by atoms with Gasteiger partial charge in [-0.1, -0.05) is 11.6 Å². The van der Waals surface area contributed by atoms with Crippen LogP contribution in [0.3, 0.4) is 0 Å². The molecule has 0 bridgehead atoms. The molecule has 134 valence electrons. The van der Waals surface area contributed by atoms with Crippen LogP contribution in [0.2, 0.25) is 5.02 Å². The van der Waals surface area contributed by atoms with Crippen LogP contribution in [0.25, 0.3) is 0 Å². The highest BCUT2D eigenvalue weighted by Gasteiger charge is 2.66. The second-order valence-corrected chi connectivity index (χ2v) is 7.83. The molecule has 1 saturated carbocycles. The number of hydrazine groups is 1. The molecule has 0 amide bonds. The summed E-state index contributed by atoms with van der Waals surface area (Å²) in [7, 11) is 0. The van der Waals surface area contributed by atoms with Gasteiger partial charge in [-0.05, 0) is 44.9 Å². The number of halogens is 6. The lowest BCUT2D eigenvalue weighted by Gasteiger charge is -2.21. The molecule has 1 aromatic carbocycles. The molecule has 3 nitrogen and oxygen atoms in total. The van der Waals surface area contributed by atoms with Crippen LogP contribution in [0.1, 0.15) is 31.4 Å². The molecule has 0 heterocycles. The molecule has 2 rings (SSSR count). The number of benzene rings is 1. The number of hydrogen-bond donors (Lipinski definition) is 2. The minimum absolute atomic E-state index is 0.0466. The third-order valence-corrected chi connectivity index (χ3v) is 5.42. The molecular weight excluding hydrogens is 386 g/mol. The summed E-state index contributed by atoms with van der Waals surface area (Å²) in [6, 6.07) is 1.90. The monoisotopic (exact) mass is 401 g/mol. The third-order valence-electron chi connectivity index (χ3n) is 4.02. The number of aliphatic imine (C=N–C) groups is 1. The predicted molar refractivity (Wildman–Crippen MR) is 93.1 cm³/mol. The first-order chi connectivity index (χ1) is 10.9. The number of hydrogen-bond acceptors (Lipinski definition) is 2. The molecule has 24 heavy (non-hydrogen) atoms. The van der Waals surface area contributed by atoms with Crippen molar-refractivity contribution in [1.82, 2.24) is 5.43 Å². The van der Waals surface area contributed by atoms with Crippen molar-refractivity contribution in [3.63, 3.8) is 0 Å². The molecule has 0 radical (unpaired) electrons. The fourth-order valence-corrected chi connectivity index (χ4v) is 3.38. The average molecular weight is 403 g/mol. The molecule has 1 atom stereocenters. The van der Waals surface area contributed by atoms with E-state index >= 15 is 0 Å². The molecule has 1 aromatic rings. The van der Waals surface area contributed by atoms with Gasteiger partial charge in [-0.3, -0.25) is 15.8 Å². The second-order valence-electron chi connectivity index (χ2n) is 5.93. The maximum Gasteiger partial charge on any atom is 0.416 e. The average Bonchev–Trinajstić information content (AvgIpc) is 2.95. The van der Waals surface area contributed by atoms with E-state index in [-0.39, 0.29) is 5.02 Å². The van der Waals surface area contributed by atoms with Crippen LogP contribution in [0.15, 0.2) is 17.1 Å². The Balaban J connectivity index is 2.21. The minimum atomic E-state index is -4.45. The Kier molecular flexibility index (Phi) is 5.25. The van der Waals surface area contributed by atoms with Gasteiger partial charge in [-0.25, -0.2) is 0 Å². The van der Waals surface area contributed by atoms with Gasteiger partial charge in [-0.15, -0.1) is 23.2 Å². The molecule has 1 aliphatic carbocycles. The van der Waals surface area contributed by atoms with Gasteiger partial charge in [-0.2, -0.15) is 13.2 Å². The van der Waals surface area contributed by atoms with Gasteiger partial charge in [0, 0.05) is 6.54 Å². The lowest BCUT2D eigenvalue weighted by atomic mass is 10.1. The van der Waals surface area contributed by atoms with Crippen molar-refractivity contribution < 1.29 is 13.2 Å². The third kappa shape index (κ3) is 3.70. The Hall–Kier alpha value is -0.850. The molecule has 0 spiro atoms. The normalized spacial score (nSPS) is 23.1. The van der Waals surface area contributed by atoms with Crippen molar-refractivity contribution in [2.45, 2.75) is 37.7 Å². The summed E-state index contributed by atoms with van der Waals surface area (Å²) >= 11 is 18.3. The summed E-state index contributed by atoms with van der Waals surface area (Å²) in [5.74, 6) is 0.533. The quantitative estimate of drug-likeness (QED) is 0.298. The van der Waals surface area contributed by atoms with Gasteiger partial charge >= 0.3 is 6.18 Å². The van der Waals surface area contributed by atoms with E-state index in [0.717, 1.165) is 12.1 Å². The predicted octanol–water partition coefficient (Wildman–Crippen LogP) is 5.59. The molecule has 9 heteroatoms. The highest BCUT2D eigenvalue weighted by Crippen LogP contribution is 2.64. The molecular formula is C15H17Cl3F3N3. The Morgan fingerprint density at radius 1 is 1.33 bits per heavy atom. The van der Waals surface area contributed by atoms with Crippen LogP contribution in [-0.2, 0) is 6.18 Å². The zero-order chi connectivity index (χ0) is 18.3. The summed E-state index contributed by atoms with van der Waals surface area (Å²) < 4.78 is 37.5. The minimum Gasteiger partial charge on any atom is -0.298 e. The van der Waals surface area contributed by atoms with Gasteiger partial charge in [0.05, 0.1) is 21.7 Å². The Morgan fingerprint density at radius 3 is 2.33 bits per heavy atom. The summed E-state index contributed by atoms with van der Waals surface area (Å²) in [5.41, 5.74) is 5.07. The van der Waals surface area contributed by atoms with Crippen LogP contribution in [-0.4, -0.2) is 16.7 Å². The van der Waals surface area contributed by atoms with Gasteiger partial charge in [0.25, 0.3) is 0 Å². The van der Waals surface area contributed by atoms with Crippen LogP contribution in [0, 0.1) is 12.3 Å². The van der Waals surface area contributed by atoms with E-state index in [4.69, 9.17) is 34.8 Å². The fourth-order valence-electron chi connectivity index (χ4n) is 2.35. The van der Waals surface area contributed by atoms with E-state index in [0.29, 0.717) is 30.1 Å². The Labute approximate surface area is 153 Å². The summed E-state index contributed by atoms with van der Waals surface area (Å²) in [4.78, 5) is 4.34. The summed E-state index contributed by atoms with van der Waals surface area (Å²) in [6.45, 7) is 5.75. The number of alkyl halides is 5. The number of rotatable bonds is 4. The van der Waals surface area contributed by atoms with Gasteiger partial charge < -0.3 is 0 Å². The first-order valence-corrected chi connectivity index (χ1v) is 8.38. The Bertz CT molecular complexity index is 651. The lowest BCUT2D eigenvalue weighted by molar-refractivity contribution is -0.137. The van der Waals surface area contributed by atoms with Gasteiger partial charge in [0.2, 0.25) is 0 Å². The summed E-state index contributed by atoms with van der Waals surface area (Å²) in [6.07, 6.45) is -3.93. The van der Waals surface area contributed by atoms with E-state index < -0.39 is 21.5 Å². The van der Waals surface area contributed by atoms with Crippen molar-refractivity contribution in [2.75, 3.05) is 12.0 Å². The molecule has 1 aliphatic rings. The second kappa shape index (κ2) is 6.46. The zero-order valence-electron chi connectivity index (χ0n) is 13.3. The first-order valence-electron chi connectivity index (χ1n) is 7.24. The number of nitrogens with zero attached hydrogens (tertiary/aromatic N) is 1. The van der Waals surface area contributed by atoms with E-state index in [1.165, 1.54) is 6.92 Å². The van der Waals surface area contributed by atoms with Crippen molar-refractivity contribution in [1.29, 1.82) is 0 Å². The molecule has 1 unspecified atom stereocenters. The molecule has 2 N–H and O–H groups in total. The van der Waals surface area contributed by atoms with Gasteiger partial charge in [0.15, 0.2) is 0 Å². The fraction of sp³-hybridized carbons (Fsp3) is 0.533. The highest BCUT2D eigenvalue weighted by molar-refractivity contribution is 6.53. The van der Waals surface area contributed by atoms with Crippen molar-refractivity contribution >= 4 is 46.3 Å². The molecule has 0 aliphatic heterocycles. The SMILES string of the molecule is CCN=C(NNc1c(C)cc(C(F)(F)F)cc1Cl)C1(C)CC1(Cl)Cl. The standard InChI is InChI=1S/C15H17Cl3F3N3/c1-4-22-12(13(3)7-14(13,17)18)24-23-11-8(2)5-9(6-10(11)16)15(19,20)21/h5-6,23H,4,7H2,1-3H3,(H,22,24). The van der Waals surface area contributed by atoms with E-state index in [1.54, 1.807) is 0 Å². The maximum atomic E-state index is 12.8. The van der Waals surface area contributed by atoms with E-state index in [1.807, 2.05) is 13.8 Å². The van der Waals surface area contributed by atoms with E-state index in [9.17, 15) is 13.2 Å². The number of amidine groups is 1.